The maximum Gasteiger partial charge on any atom is 0.218 e. The van der Waals surface area contributed by atoms with Gasteiger partial charge in [0.2, 0.25) is 5.91 Å². The Morgan fingerprint density at radius 3 is 3.15 bits per heavy atom. The third-order valence-corrected chi connectivity index (χ3v) is 2.15. The molecular weight excluding hydrogens is 168 g/mol. The van der Waals surface area contributed by atoms with Gasteiger partial charge in [-0.3, -0.25) is 9.69 Å². The first-order chi connectivity index (χ1) is 6.24. The molecule has 5 nitrogen and oxygen atoms in total. The number of carbonyl (C=O) groups excluding carboxylic acids is 1. The van der Waals surface area contributed by atoms with Crippen molar-refractivity contribution in [3.8, 4) is 6.07 Å². The van der Waals surface area contributed by atoms with Gasteiger partial charge in [-0.2, -0.15) is 5.26 Å². The molecule has 1 rings (SSSR count). The second kappa shape index (κ2) is 4.80. The van der Waals surface area contributed by atoms with Gasteiger partial charge < -0.3 is 11.1 Å². The van der Waals surface area contributed by atoms with Crippen LogP contribution in [0.4, 0.5) is 0 Å². The van der Waals surface area contributed by atoms with Gasteiger partial charge >= 0.3 is 0 Å². The van der Waals surface area contributed by atoms with E-state index >= 15 is 0 Å². The summed E-state index contributed by atoms with van der Waals surface area (Å²) in [5, 5.41) is 11.9. The lowest BCUT2D eigenvalue weighted by molar-refractivity contribution is -0.118. The molecule has 0 bridgehead atoms. The third kappa shape index (κ3) is 3.01. The number of carbonyl (C=O) groups is 1. The molecular formula is C8H14N4O. The molecule has 1 unspecified atom stereocenters. The van der Waals surface area contributed by atoms with E-state index in [0.717, 1.165) is 13.1 Å². The van der Waals surface area contributed by atoms with Crippen LogP contribution in [0.25, 0.3) is 0 Å². The van der Waals surface area contributed by atoms with Crippen molar-refractivity contribution in [2.75, 3.05) is 26.2 Å². The molecule has 1 atom stereocenters. The number of nitrogens with zero attached hydrogens (tertiary/aromatic N) is 2. The first-order valence-electron chi connectivity index (χ1n) is 4.36. The largest absolute Gasteiger partial charge is 0.370 e. The molecule has 0 aromatic heterocycles. The first-order valence-corrected chi connectivity index (χ1v) is 4.36. The lowest BCUT2D eigenvalue weighted by Crippen LogP contribution is -2.51. The van der Waals surface area contributed by atoms with Crippen LogP contribution in [0.5, 0.6) is 0 Å². The predicted molar refractivity (Wildman–Crippen MR) is 47.7 cm³/mol. The highest BCUT2D eigenvalue weighted by Crippen LogP contribution is 2.02. The molecule has 1 saturated heterocycles. The minimum absolute atomic E-state index is 0.118. The van der Waals surface area contributed by atoms with Crippen LogP contribution in [0.3, 0.4) is 0 Å². The van der Waals surface area contributed by atoms with E-state index in [2.05, 4.69) is 11.4 Å². The van der Waals surface area contributed by atoms with Crippen molar-refractivity contribution in [2.24, 2.45) is 5.73 Å². The van der Waals surface area contributed by atoms with Gasteiger partial charge in [0.25, 0.3) is 0 Å². The number of hydrogen-bond donors (Lipinski definition) is 2. The van der Waals surface area contributed by atoms with Crippen molar-refractivity contribution in [2.45, 2.75) is 12.5 Å². The average molecular weight is 182 g/mol. The Morgan fingerprint density at radius 1 is 1.77 bits per heavy atom. The molecule has 1 amide bonds. The highest BCUT2D eigenvalue weighted by atomic mass is 16.1. The molecule has 0 aliphatic carbocycles. The smallest absolute Gasteiger partial charge is 0.218 e. The third-order valence-electron chi connectivity index (χ3n) is 2.15. The van der Waals surface area contributed by atoms with Gasteiger partial charge in [-0.05, 0) is 0 Å². The van der Waals surface area contributed by atoms with Crippen LogP contribution < -0.4 is 11.1 Å². The fraction of sp³-hybridized carbons (Fsp3) is 0.750. The monoisotopic (exact) mass is 182 g/mol. The molecule has 3 N–H and O–H groups in total. The zero-order chi connectivity index (χ0) is 9.68. The fourth-order valence-electron chi connectivity index (χ4n) is 1.40. The van der Waals surface area contributed by atoms with E-state index in [4.69, 9.17) is 11.0 Å². The molecule has 1 aliphatic heterocycles. The molecule has 0 radical (unpaired) electrons. The van der Waals surface area contributed by atoms with E-state index in [1.54, 1.807) is 0 Å². The minimum atomic E-state index is -0.310. The van der Waals surface area contributed by atoms with E-state index in [9.17, 15) is 4.79 Å². The Labute approximate surface area is 77.5 Å². The quantitative estimate of drug-likeness (QED) is 0.566. The lowest BCUT2D eigenvalue weighted by atomic mass is 10.2. The molecule has 0 spiro atoms. The zero-order valence-corrected chi connectivity index (χ0v) is 7.49. The maximum atomic E-state index is 10.5. The number of nitrogens with one attached hydrogen (secondary N) is 1. The topological polar surface area (TPSA) is 82.2 Å². The Hall–Kier alpha value is -1.12. The van der Waals surface area contributed by atoms with E-state index < -0.39 is 0 Å². The molecule has 1 fully saturated rings. The SMILES string of the molecule is N#CC1CNCCN1CCC(N)=O. The van der Waals surface area contributed by atoms with Crippen molar-refractivity contribution < 1.29 is 4.79 Å². The van der Waals surface area contributed by atoms with Gasteiger partial charge in [0.1, 0.15) is 6.04 Å². The summed E-state index contributed by atoms with van der Waals surface area (Å²) in [5.74, 6) is -0.310. The summed E-state index contributed by atoms with van der Waals surface area (Å²) in [6, 6.07) is 2.07. The summed E-state index contributed by atoms with van der Waals surface area (Å²) in [5.41, 5.74) is 5.03. The Kier molecular flexibility index (Phi) is 3.68. The number of nitriles is 1. The molecule has 0 aromatic carbocycles. The number of primary amides is 1. The van der Waals surface area contributed by atoms with E-state index in [1.807, 2.05) is 4.90 Å². The van der Waals surface area contributed by atoms with E-state index in [1.165, 1.54) is 0 Å². The second-order valence-electron chi connectivity index (χ2n) is 3.10. The van der Waals surface area contributed by atoms with Crippen molar-refractivity contribution >= 4 is 5.91 Å². The van der Waals surface area contributed by atoms with Gasteiger partial charge in [-0.25, -0.2) is 0 Å². The Morgan fingerprint density at radius 2 is 2.54 bits per heavy atom. The molecule has 13 heavy (non-hydrogen) atoms. The van der Waals surface area contributed by atoms with E-state index in [0.29, 0.717) is 19.5 Å². The number of amides is 1. The minimum Gasteiger partial charge on any atom is -0.370 e. The number of nitrogens with two attached hydrogens (primary N) is 1. The lowest BCUT2D eigenvalue weighted by Gasteiger charge is -2.31. The highest BCUT2D eigenvalue weighted by molar-refractivity contribution is 5.73. The Balaban J connectivity index is 2.37. The van der Waals surface area contributed by atoms with Crippen molar-refractivity contribution in [1.82, 2.24) is 10.2 Å². The maximum absolute atomic E-state index is 10.5. The van der Waals surface area contributed by atoms with Crippen LogP contribution in [0.1, 0.15) is 6.42 Å². The van der Waals surface area contributed by atoms with Crippen LogP contribution in [0, 0.1) is 11.3 Å². The summed E-state index contributed by atoms with van der Waals surface area (Å²) in [6.45, 7) is 2.95. The van der Waals surface area contributed by atoms with Crippen LogP contribution in [-0.4, -0.2) is 43.0 Å². The summed E-state index contributed by atoms with van der Waals surface area (Å²) in [4.78, 5) is 12.5. The molecule has 1 heterocycles. The summed E-state index contributed by atoms with van der Waals surface area (Å²) < 4.78 is 0. The normalized spacial score (nSPS) is 23.8. The van der Waals surface area contributed by atoms with E-state index in [-0.39, 0.29) is 11.9 Å². The fourth-order valence-corrected chi connectivity index (χ4v) is 1.40. The van der Waals surface area contributed by atoms with Crippen LogP contribution >= 0.6 is 0 Å². The van der Waals surface area contributed by atoms with Crippen molar-refractivity contribution in [1.29, 1.82) is 5.26 Å². The van der Waals surface area contributed by atoms with Gasteiger partial charge in [0.05, 0.1) is 6.07 Å². The summed E-state index contributed by atoms with van der Waals surface area (Å²) in [7, 11) is 0. The molecule has 1 aliphatic rings. The molecule has 0 aromatic rings. The van der Waals surface area contributed by atoms with Crippen LogP contribution in [-0.2, 0) is 4.79 Å². The zero-order valence-electron chi connectivity index (χ0n) is 7.49. The number of rotatable bonds is 3. The van der Waals surface area contributed by atoms with Gasteiger partial charge in [-0.1, -0.05) is 0 Å². The Bertz CT molecular complexity index is 223. The highest BCUT2D eigenvalue weighted by Gasteiger charge is 2.21. The molecule has 72 valence electrons. The van der Waals surface area contributed by atoms with Gasteiger partial charge in [0, 0.05) is 32.6 Å². The van der Waals surface area contributed by atoms with Crippen LogP contribution in [0.15, 0.2) is 0 Å². The van der Waals surface area contributed by atoms with Crippen molar-refractivity contribution in [3.63, 3.8) is 0 Å². The van der Waals surface area contributed by atoms with Crippen LogP contribution in [0.2, 0.25) is 0 Å². The summed E-state index contributed by atoms with van der Waals surface area (Å²) in [6.07, 6.45) is 0.332. The number of piperazine rings is 1. The predicted octanol–water partition coefficient (Wildman–Crippen LogP) is -1.34. The molecule has 5 heteroatoms. The second-order valence-corrected chi connectivity index (χ2v) is 3.10. The standard InChI is InChI=1S/C8H14N4O/c9-5-7-6-11-2-4-12(7)3-1-8(10)13/h7,11H,1-4,6H2,(H2,10,13). The first kappa shape index (κ1) is 9.96. The van der Waals surface area contributed by atoms with Gasteiger partial charge in [-0.15, -0.1) is 0 Å². The summed E-state index contributed by atoms with van der Waals surface area (Å²) >= 11 is 0. The van der Waals surface area contributed by atoms with Crippen molar-refractivity contribution in [3.05, 3.63) is 0 Å². The number of hydrogen-bond acceptors (Lipinski definition) is 4. The van der Waals surface area contributed by atoms with Gasteiger partial charge in [0.15, 0.2) is 0 Å². The average Bonchev–Trinajstić information content (AvgIpc) is 2.15. The molecule has 0 saturated carbocycles.